The molecule has 2 atom stereocenters. The molecule has 2 aliphatic rings. The molecule has 1 aromatic carbocycles. The molecule has 0 bridgehead atoms. The maximum Gasteiger partial charge on any atom is 0.0235 e. The van der Waals surface area contributed by atoms with Crippen LogP contribution in [0.2, 0.25) is 0 Å². The van der Waals surface area contributed by atoms with E-state index in [4.69, 9.17) is 5.73 Å². The molecule has 21 heavy (non-hydrogen) atoms. The summed E-state index contributed by atoms with van der Waals surface area (Å²) in [5.74, 6) is 0. The quantitative estimate of drug-likeness (QED) is 0.870. The van der Waals surface area contributed by atoms with Crippen molar-refractivity contribution in [3.05, 3.63) is 35.9 Å². The summed E-state index contributed by atoms with van der Waals surface area (Å²) in [4.78, 5) is 5.34. The van der Waals surface area contributed by atoms with Gasteiger partial charge >= 0.3 is 0 Å². The molecule has 3 rings (SSSR count). The van der Waals surface area contributed by atoms with Crippen molar-refractivity contribution in [1.29, 1.82) is 0 Å². The molecule has 0 amide bonds. The van der Waals surface area contributed by atoms with Crippen molar-refractivity contribution in [2.24, 2.45) is 5.73 Å². The summed E-state index contributed by atoms with van der Waals surface area (Å²) in [7, 11) is 0. The Kier molecular flexibility index (Phi) is 5.28. The molecule has 0 aliphatic carbocycles. The fourth-order valence-electron chi connectivity index (χ4n) is 3.93. The maximum absolute atomic E-state index is 6.06. The van der Waals surface area contributed by atoms with E-state index in [2.05, 4.69) is 40.1 Å². The zero-order valence-electron chi connectivity index (χ0n) is 13.1. The van der Waals surface area contributed by atoms with Crippen LogP contribution in [0.5, 0.6) is 0 Å². The first-order chi connectivity index (χ1) is 10.4. The third-order valence-electron chi connectivity index (χ3n) is 5.25. The van der Waals surface area contributed by atoms with E-state index < -0.39 is 0 Å². The zero-order chi connectivity index (χ0) is 14.5. The van der Waals surface area contributed by atoms with Gasteiger partial charge in [-0.3, -0.25) is 9.80 Å². The molecule has 0 spiro atoms. The number of likely N-dealkylation sites (tertiary alicyclic amines) is 2. The second kappa shape index (κ2) is 7.39. The van der Waals surface area contributed by atoms with Crippen LogP contribution in [0.3, 0.4) is 0 Å². The van der Waals surface area contributed by atoms with Gasteiger partial charge in [0.2, 0.25) is 0 Å². The molecule has 2 heterocycles. The second-order valence-electron chi connectivity index (χ2n) is 6.59. The number of benzene rings is 1. The van der Waals surface area contributed by atoms with Gasteiger partial charge in [0.15, 0.2) is 0 Å². The van der Waals surface area contributed by atoms with E-state index in [1.807, 2.05) is 0 Å². The summed E-state index contributed by atoms with van der Waals surface area (Å²) in [5.41, 5.74) is 7.50. The smallest absolute Gasteiger partial charge is 0.0235 e. The summed E-state index contributed by atoms with van der Waals surface area (Å²) in [6.07, 6.45) is 6.46. The standard InChI is InChI=1S/C18H29N3/c19-14-17(9-8-16-6-2-1-3-7-16)21-13-10-18(15-21)20-11-4-5-12-20/h1-3,6-7,17-18H,4-5,8-15,19H2. The fraction of sp³-hybridized carbons (Fsp3) is 0.667. The molecule has 3 nitrogen and oxygen atoms in total. The fourth-order valence-corrected chi connectivity index (χ4v) is 3.93. The third kappa shape index (κ3) is 3.85. The molecule has 2 N–H and O–H groups in total. The number of hydrogen-bond acceptors (Lipinski definition) is 3. The summed E-state index contributed by atoms with van der Waals surface area (Å²) in [5, 5.41) is 0. The highest BCUT2D eigenvalue weighted by Crippen LogP contribution is 2.23. The Labute approximate surface area is 129 Å². The van der Waals surface area contributed by atoms with Crippen molar-refractivity contribution in [3.8, 4) is 0 Å². The number of aryl methyl sites for hydroxylation is 1. The lowest BCUT2D eigenvalue weighted by Gasteiger charge is -2.28. The minimum Gasteiger partial charge on any atom is -0.329 e. The minimum absolute atomic E-state index is 0.554. The maximum atomic E-state index is 6.06. The molecule has 2 fully saturated rings. The van der Waals surface area contributed by atoms with Gasteiger partial charge in [-0.25, -0.2) is 0 Å². The van der Waals surface area contributed by atoms with Crippen LogP contribution >= 0.6 is 0 Å². The predicted octanol–water partition coefficient (Wildman–Crippen LogP) is 2.12. The number of nitrogens with two attached hydrogens (primary N) is 1. The predicted molar refractivity (Wildman–Crippen MR) is 88.4 cm³/mol. The van der Waals surface area contributed by atoms with Crippen molar-refractivity contribution >= 4 is 0 Å². The van der Waals surface area contributed by atoms with Crippen molar-refractivity contribution in [2.45, 2.75) is 44.2 Å². The largest absolute Gasteiger partial charge is 0.329 e. The Bertz CT molecular complexity index is 414. The number of rotatable bonds is 6. The van der Waals surface area contributed by atoms with E-state index in [1.165, 1.54) is 57.4 Å². The van der Waals surface area contributed by atoms with Crippen LogP contribution < -0.4 is 5.73 Å². The van der Waals surface area contributed by atoms with Gasteiger partial charge in [-0.1, -0.05) is 30.3 Å². The van der Waals surface area contributed by atoms with E-state index in [0.717, 1.165) is 19.0 Å². The highest BCUT2D eigenvalue weighted by Gasteiger charge is 2.31. The van der Waals surface area contributed by atoms with Crippen LogP contribution in [-0.2, 0) is 6.42 Å². The number of hydrogen-bond donors (Lipinski definition) is 1. The Morgan fingerprint density at radius 3 is 2.57 bits per heavy atom. The lowest BCUT2D eigenvalue weighted by molar-refractivity contribution is 0.196. The monoisotopic (exact) mass is 287 g/mol. The summed E-state index contributed by atoms with van der Waals surface area (Å²) in [6, 6.07) is 12.1. The average Bonchev–Trinajstić information content (AvgIpc) is 3.20. The van der Waals surface area contributed by atoms with Crippen molar-refractivity contribution < 1.29 is 0 Å². The Morgan fingerprint density at radius 1 is 1.10 bits per heavy atom. The minimum atomic E-state index is 0.554. The highest BCUT2D eigenvalue weighted by atomic mass is 15.3. The highest BCUT2D eigenvalue weighted by molar-refractivity contribution is 5.14. The van der Waals surface area contributed by atoms with Crippen LogP contribution in [0.15, 0.2) is 30.3 Å². The van der Waals surface area contributed by atoms with Gasteiger partial charge in [0, 0.05) is 31.7 Å². The Balaban J connectivity index is 1.49. The first-order valence-electron chi connectivity index (χ1n) is 8.59. The van der Waals surface area contributed by atoms with Gasteiger partial charge in [0.25, 0.3) is 0 Å². The molecule has 0 saturated carbocycles. The molecular formula is C18H29N3. The van der Waals surface area contributed by atoms with Crippen LogP contribution in [0.4, 0.5) is 0 Å². The number of nitrogens with zero attached hydrogens (tertiary/aromatic N) is 2. The molecule has 116 valence electrons. The molecule has 0 radical (unpaired) electrons. The van der Waals surface area contributed by atoms with Crippen LogP contribution in [0.25, 0.3) is 0 Å². The van der Waals surface area contributed by atoms with Crippen LogP contribution in [-0.4, -0.2) is 54.6 Å². The van der Waals surface area contributed by atoms with Crippen molar-refractivity contribution in [2.75, 3.05) is 32.7 Å². The Morgan fingerprint density at radius 2 is 1.86 bits per heavy atom. The van der Waals surface area contributed by atoms with E-state index >= 15 is 0 Å². The summed E-state index contributed by atoms with van der Waals surface area (Å²) in [6.45, 7) is 5.89. The zero-order valence-corrected chi connectivity index (χ0v) is 13.1. The molecule has 0 aromatic heterocycles. The topological polar surface area (TPSA) is 32.5 Å². The van der Waals surface area contributed by atoms with Crippen molar-refractivity contribution in [3.63, 3.8) is 0 Å². The molecule has 2 aliphatic heterocycles. The molecule has 1 aromatic rings. The molecule has 2 unspecified atom stereocenters. The third-order valence-corrected chi connectivity index (χ3v) is 5.25. The van der Waals surface area contributed by atoms with Gasteiger partial charge in [-0.15, -0.1) is 0 Å². The van der Waals surface area contributed by atoms with Gasteiger partial charge in [-0.2, -0.15) is 0 Å². The van der Waals surface area contributed by atoms with Gasteiger partial charge < -0.3 is 5.73 Å². The average molecular weight is 287 g/mol. The summed E-state index contributed by atoms with van der Waals surface area (Å²) >= 11 is 0. The SMILES string of the molecule is NCC(CCc1ccccc1)N1CCC(N2CCCC2)C1. The molecule has 2 saturated heterocycles. The first-order valence-corrected chi connectivity index (χ1v) is 8.59. The van der Waals surface area contributed by atoms with E-state index in [1.54, 1.807) is 0 Å². The normalized spacial score (nSPS) is 25.5. The summed E-state index contributed by atoms with van der Waals surface area (Å²) < 4.78 is 0. The second-order valence-corrected chi connectivity index (χ2v) is 6.59. The van der Waals surface area contributed by atoms with Crippen LogP contribution in [0.1, 0.15) is 31.2 Å². The van der Waals surface area contributed by atoms with E-state index in [9.17, 15) is 0 Å². The lowest BCUT2D eigenvalue weighted by atomic mass is 10.0. The van der Waals surface area contributed by atoms with Crippen molar-refractivity contribution in [1.82, 2.24) is 9.80 Å². The lowest BCUT2D eigenvalue weighted by Crippen LogP contribution is -2.42. The molecule has 3 heteroatoms. The first kappa shape index (κ1) is 15.0. The van der Waals surface area contributed by atoms with Gasteiger partial charge in [-0.05, 0) is 50.8 Å². The van der Waals surface area contributed by atoms with Crippen LogP contribution in [0, 0.1) is 0 Å². The van der Waals surface area contributed by atoms with E-state index in [0.29, 0.717) is 6.04 Å². The Hall–Kier alpha value is -0.900. The molecular weight excluding hydrogens is 258 g/mol. The van der Waals surface area contributed by atoms with E-state index in [-0.39, 0.29) is 0 Å². The van der Waals surface area contributed by atoms with Gasteiger partial charge in [0.1, 0.15) is 0 Å². The van der Waals surface area contributed by atoms with Gasteiger partial charge in [0.05, 0.1) is 0 Å².